The molecule has 0 aromatic carbocycles. The predicted octanol–water partition coefficient (Wildman–Crippen LogP) is 1.56. The second kappa shape index (κ2) is 2.22. The number of hydrazone groups is 1. The molecular formula is C10H12N2. The van der Waals surface area contributed by atoms with E-state index in [0.29, 0.717) is 6.04 Å². The fourth-order valence-corrected chi connectivity index (χ4v) is 2.42. The summed E-state index contributed by atoms with van der Waals surface area (Å²) < 4.78 is 0. The van der Waals surface area contributed by atoms with Crippen molar-refractivity contribution >= 4 is 6.21 Å². The van der Waals surface area contributed by atoms with Crippen LogP contribution in [-0.2, 0) is 0 Å². The van der Waals surface area contributed by atoms with Crippen LogP contribution in [0, 0.1) is 5.92 Å². The first-order chi connectivity index (χ1) is 5.95. The highest BCUT2D eigenvalue weighted by atomic mass is 15.5. The Morgan fingerprint density at radius 1 is 1.42 bits per heavy atom. The Morgan fingerprint density at radius 2 is 2.42 bits per heavy atom. The summed E-state index contributed by atoms with van der Waals surface area (Å²) in [4.78, 5) is 0. The van der Waals surface area contributed by atoms with E-state index in [4.69, 9.17) is 0 Å². The number of hydrogen-bond donors (Lipinski definition) is 0. The molecule has 62 valence electrons. The predicted molar refractivity (Wildman–Crippen MR) is 48.9 cm³/mol. The molecule has 2 aliphatic heterocycles. The maximum absolute atomic E-state index is 4.36. The number of nitrogens with zero attached hydrogens (tertiary/aromatic N) is 2. The molecule has 0 spiro atoms. The molecule has 0 bridgehead atoms. The summed E-state index contributed by atoms with van der Waals surface area (Å²) in [6.45, 7) is 1.14. The molecule has 0 amide bonds. The Kier molecular flexibility index (Phi) is 1.20. The van der Waals surface area contributed by atoms with Crippen molar-refractivity contribution in [1.82, 2.24) is 5.01 Å². The summed E-state index contributed by atoms with van der Waals surface area (Å²) in [5.41, 5.74) is 1.61. The largest absolute Gasteiger partial charge is 0.289 e. The topological polar surface area (TPSA) is 15.6 Å². The normalized spacial score (nSPS) is 36.7. The highest BCUT2D eigenvalue weighted by molar-refractivity contribution is 5.62. The Labute approximate surface area is 72.3 Å². The fourth-order valence-electron chi connectivity index (χ4n) is 2.42. The third-order valence-corrected chi connectivity index (χ3v) is 3.03. The lowest BCUT2D eigenvalue weighted by molar-refractivity contribution is 0.300. The van der Waals surface area contributed by atoms with Gasteiger partial charge in [-0.15, -0.1) is 0 Å². The molecule has 2 unspecified atom stereocenters. The highest BCUT2D eigenvalue weighted by Gasteiger charge is 2.37. The highest BCUT2D eigenvalue weighted by Crippen LogP contribution is 2.37. The van der Waals surface area contributed by atoms with E-state index in [1.165, 1.54) is 6.42 Å². The molecule has 0 radical (unpaired) electrons. The zero-order valence-electron chi connectivity index (χ0n) is 6.98. The van der Waals surface area contributed by atoms with Crippen molar-refractivity contribution in [2.24, 2.45) is 11.0 Å². The first-order valence-electron chi connectivity index (χ1n) is 4.61. The van der Waals surface area contributed by atoms with E-state index in [2.05, 4.69) is 28.3 Å². The first-order valence-corrected chi connectivity index (χ1v) is 4.61. The molecule has 0 aromatic heterocycles. The Morgan fingerprint density at radius 3 is 3.42 bits per heavy atom. The van der Waals surface area contributed by atoms with Crippen LogP contribution in [0.2, 0.25) is 0 Å². The summed E-state index contributed by atoms with van der Waals surface area (Å²) in [6, 6.07) is 0.611. The molecule has 3 rings (SSSR count). The zero-order valence-corrected chi connectivity index (χ0v) is 6.98. The summed E-state index contributed by atoms with van der Waals surface area (Å²) in [5.74, 6) is 0.762. The maximum atomic E-state index is 4.36. The molecule has 0 aromatic rings. The van der Waals surface area contributed by atoms with Gasteiger partial charge in [-0.05, 0) is 12.0 Å². The molecule has 0 saturated carbocycles. The molecule has 1 aliphatic carbocycles. The van der Waals surface area contributed by atoms with E-state index in [1.54, 1.807) is 5.57 Å². The lowest BCUT2D eigenvalue weighted by Crippen LogP contribution is -2.19. The van der Waals surface area contributed by atoms with Crippen molar-refractivity contribution in [3.05, 3.63) is 23.8 Å². The third kappa shape index (κ3) is 0.724. The summed E-state index contributed by atoms with van der Waals surface area (Å²) in [6.07, 6.45) is 11.1. The van der Waals surface area contributed by atoms with Gasteiger partial charge in [0.05, 0.1) is 6.04 Å². The quantitative estimate of drug-likeness (QED) is 0.525. The molecule has 2 heterocycles. The van der Waals surface area contributed by atoms with Gasteiger partial charge in [-0.2, -0.15) is 5.10 Å². The smallest absolute Gasteiger partial charge is 0.0736 e. The lowest BCUT2D eigenvalue weighted by atomic mass is 9.90. The van der Waals surface area contributed by atoms with Crippen LogP contribution in [0.4, 0.5) is 0 Å². The van der Waals surface area contributed by atoms with E-state index >= 15 is 0 Å². The SMILES string of the molecule is C1=CCC2CN3N=CCC3C2=C1. The fraction of sp³-hybridized carbons (Fsp3) is 0.500. The van der Waals surface area contributed by atoms with Crippen molar-refractivity contribution in [3.8, 4) is 0 Å². The number of rotatable bonds is 0. The monoisotopic (exact) mass is 160 g/mol. The third-order valence-electron chi connectivity index (χ3n) is 3.03. The van der Waals surface area contributed by atoms with Gasteiger partial charge in [0.25, 0.3) is 0 Å². The van der Waals surface area contributed by atoms with E-state index in [1.807, 2.05) is 6.21 Å². The lowest BCUT2D eigenvalue weighted by Gasteiger charge is -2.14. The number of fused-ring (bicyclic) bond motifs is 3. The minimum Gasteiger partial charge on any atom is -0.289 e. The maximum Gasteiger partial charge on any atom is 0.0736 e. The van der Waals surface area contributed by atoms with Crippen LogP contribution in [0.25, 0.3) is 0 Å². The molecule has 3 aliphatic rings. The van der Waals surface area contributed by atoms with Gasteiger partial charge in [-0.3, -0.25) is 5.01 Å². The van der Waals surface area contributed by atoms with Crippen LogP contribution < -0.4 is 0 Å². The molecule has 1 fully saturated rings. The molecule has 12 heavy (non-hydrogen) atoms. The minimum absolute atomic E-state index is 0.611. The van der Waals surface area contributed by atoms with Gasteiger partial charge in [-0.1, -0.05) is 18.2 Å². The number of allylic oxidation sites excluding steroid dienone is 3. The van der Waals surface area contributed by atoms with Crippen molar-refractivity contribution in [3.63, 3.8) is 0 Å². The van der Waals surface area contributed by atoms with Gasteiger partial charge in [0.2, 0.25) is 0 Å². The second-order valence-corrected chi connectivity index (χ2v) is 3.70. The molecule has 0 N–H and O–H groups in total. The molecule has 2 heteroatoms. The Bertz CT molecular complexity index is 288. The summed E-state index contributed by atoms with van der Waals surface area (Å²) in [5, 5.41) is 6.60. The standard InChI is InChI=1S/C10H12N2/c1-2-4-9-8(3-1)7-12-10(9)5-6-11-12/h1-2,4,6,8,10H,3,5,7H2. The van der Waals surface area contributed by atoms with Crippen LogP contribution in [0.3, 0.4) is 0 Å². The van der Waals surface area contributed by atoms with Gasteiger partial charge in [0, 0.05) is 25.1 Å². The molecule has 2 atom stereocenters. The van der Waals surface area contributed by atoms with Crippen LogP contribution in [0.15, 0.2) is 28.9 Å². The Hall–Kier alpha value is -1.05. The van der Waals surface area contributed by atoms with Crippen LogP contribution >= 0.6 is 0 Å². The van der Waals surface area contributed by atoms with E-state index in [9.17, 15) is 0 Å². The minimum atomic E-state index is 0.611. The van der Waals surface area contributed by atoms with E-state index in [0.717, 1.165) is 18.9 Å². The molecular weight excluding hydrogens is 148 g/mol. The van der Waals surface area contributed by atoms with Gasteiger partial charge < -0.3 is 0 Å². The van der Waals surface area contributed by atoms with Crippen molar-refractivity contribution in [1.29, 1.82) is 0 Å². The average molecular weight is 160 g/mol. The summed E-state index contributed by atoms with van der Waals surface area (Å²) in [7, 11) is 0. The van der Waals surface area contributed by atoms with E-state index < -0.39 is 0 Å². The van der Waals surface area contributed by atoms with Gasteiger partial charge in [-0.25, -0.2) is 0 Å². The van der Waals surface area contributed by atoms with Crippen LogP contribution in [0.5, 0.6) is 0 Å². The molecule has 2 nitrogen and oxygen atoms in total. The Balaban J connectivity index is 1.97. The van der Waals surface area contributed by atoms with Crippen LogP contribution in [0.1, 0.15) is 12.8 Å². The van der Waals surface area contributed by atoms with Crippen LogP contribution in [-0.4, -0.2) is 23.8 Å². The second-order valence-electron chi connectivity index (χ2n) is 3.70. The average Bonchev–Trinajstić information content (AvgIpc) is 2.62. The summed E-state index contributed by atoms with van der Waals surface area (Å²) >= 11 is 0. The van der Waals surface area contributed by atoms with Crippen molar-refractivity contribution < 1.29 is 0 Å². The van der Waals surface area contributed by atoms with E-state index in [-0.39, 0.29) is 0 Å². The first kappa shape index (κ1) is 6.46. The van der Waals surface area contributed by atoms with Gasteiger partial charge in [0.15, 0.2) is 0 Å². The molecule has 1 saturated heterocycles. The van der Waals surface area contributed by atoms with Gasteiger partial charge >= 0.3 is 0 Å². The zero-order chi connectivity index (χ0) is 7.97. The van der Waals surface area contributed by atoms with Crippen molar-refractivity contribution in [2.75, 3.05) is 6.54 Å². The van der Waals surface area contributed by atoms with Crippen molar-refractivity contribution in [2.45, 2.75) is 18.9 Å². The van der Waals surface area contributed by atoms with Gasteiger partial charge in [0.1, 0.15) is 0 Å². The number of hydrogen-bond acceptors (Lipinski definition) is 2.